The normalized spacial score (nSPS) is 10.8. The summed E-state index contributed by atoms with van der Waals surface area (Å²) >= 11 is 0. The highest BCUT2D eigenvalue weighted by Crippen LogP contribution is 2.17. The molecule has 0 aliphatic carbocycles. The van der Waals surface area contributed by atoms with Crippen LogP contribution in [0.3, 0.4) is 0 Å². The molecule has 5 nitrogen and oxygen atoms in total. The Bertz CT molecular complexity index is 437. The molecule has 43 heavy (non-hydrogen) atoms. The van der Waals surface area contributed by atoms with Gasteiger partial charge in [0.25, 0.3) is 0 Å². The quantitative estimate of drug-likeness (QED) is 0.0247. The molecule has 0 aliphatic heterocycles. The van der Waals surface area contributed by atoms with E-state index >= 15 is 0 Å². The predicted octanol–water partition coefficient (Wildman–Crippen LogP) is 12.7. The minimum Gasteiger partial charge on any atom is -0.344 e. The van der Waals surface area contributed by atoms with Gasteiger partial charge in [-0.25, -0.2) is 9.78 Å². The highest BCUT2D eigenvalue weighted by Gasteiger charge is 2.10. The lowest BCUT2D eigenvalue weighted by atomic mass is 10.0. The Labute approximate surface area is 273 Å². The second-order valence-corrected chi connectivity index (χ2v) is 12.2. The van der Waals surface area contributed by atoms with E-state index < -0.39 is 0 Å². The van der Waals surface area contributed by atoms with E-state index in [1.807, 2.05) is 0 Å². The molecule has 0 aromatic carbocycles. The van der Waals surface area contributed by atoms with Crippen LogP contribution in [-0.4, -0.2) is 37.4 Å². The number of rotatable bonds is 34. The third-order valence-electron chi connectivity index (χ3n) is 8.25. The standard InChI is InChI=1S/C35H74N2O2.C2H4.CH4.H3N/c1-4-7-10-13-16-21-26-31-37(34-36)32-27-22-17-18-23-28-33-38-39-35(29-24-19-14-11-8-5-2)30-25-20-15-12-9-6-3;1-2;;/h35H,4-34,36H2,1-3H3;1-2H2;1H4;1H3. The minimum absolute atomic E-state index is 0. The summed E-state index contributed by atoms with van der Waals surface area (Å²) in [4.78, 5) is 14.1. The van der Waals surface area contributed by atoms with Gasteiger partial charge in [0.15, 0.2) is 0 Å². The average molecular weight is 616 g/mol. The first kappa shape index (κ1) is 49.4. The zero-order valence-corrected chi connectivity index (χ0v) is 29.5. The van der Waals surface area contributed by atoms with Crippen molar-refractivity contribution in [2.24, 2.45) is 5.73 Å². The smallest absolute Gasteiger partial charge is 0.0930 e. The van der Waals surface area contributed by atoms with Gasteiger partial charge in [-0.1, -0.05) is 169 Å². The first-order valence-corrected chi connectivity index (χ1v) is 18.5. The van der Waals surface area contributed by atoms with E-state index in [1.54, 1.807) is 0 Å². The molecule has 0 saturated carbocycles. The number of hydrogen-bond acceptors (Lipinski definition) is 5. The summed E-state index contributed by atoms with van der Waals surface area (Å²) in [5.41, 5.74) is 5.99. The molecule has 0 fully saturated rings. The van der Waals surface area contributed by atoms with Crippen molar-refractivity contribution in [3.8, 4) is 0 Å². The second-order valence-electron chi connectivity index (χ2n) is 12.2. The van der Waals surface area contributed by atoms with Crippen LogP contribution in [0.15, 0.2) is 13.2 Å². The Balaban J connectivity index is -0.00000186. The topological polar surface area (TPSA) is 82.7 Å². The van der Waals surface area contributed by atoms with Crippen molar-refractivity contribution in [2.75, 3.05) is 26.4 Å². The van der Waals surface area contributed by atoms with Crippen molar-refractivity contribution in [2.45, 2.75) is 208 Å². The highest BCUT2D eigenvalue weighted by molar-refractivity contribution is 4.59. The van der Waals surface area contributed by atoms with E-state index in [9.17, 15) is 0 Å². The van der Waals surface area contributed by atoms with Crippen LogP contribution in [0.1, 0.15) is 202 Å². The van der Waals surface area contributed by atoms with Crippen LogP contribution in [0.4, 0.5) is 0 Å². The molecule has 0 atom stereocenters. The Morgan fingerprint density at radius 2 is 0.837 bits per heavy atom. The molecule has 0 rings (SSSR count). The van der Waals surface area contributed by atoms with Gasteiger partial charge in [0.1, 0.15) is 0 Å². The van der Waals surface area contributed by atoms with Gasteiger partial charge in [0.2, 0.25) is 0 Å². The van der Waals surface area contributed by atoms with E-state index in [0.29, 0.717) is 12.8 Å². The molecule has 0 aliphatic rings. The Morgan fingerprint density at radius 3 is 1.21 bits per heavy atom. The second kappa shape index (κ2) is 46.0. The van der Waals surface area contributed by atoms with Crippen molar-refractivity contribution >= 4 is 0 Å². The minimum atomic E-state index is 0. The van der Waals surface area contributed by atoms with Gasteiger partial charge in [0, 0.05) is 6.67 Å². The van der Waals surface area contributed by atoms with Gasteiger partial charge in [-0.15, -0.1) is 13.2 Å². The van der Waals surface area contributed by atoms with E-state index in [-0.39, 0.29) is 13.6 Å². The maximum atomic E-state index is 5.99. The Kier molecular flexibility index (Phi) is 52.8. The molecule has 5 N–H and O–H groups in total. The van der Waals surface area contributed by atoms with E-state index in [0.717, 1.165) is 13.0 Å². The number of nitrogens with two attached hydrogens (primary N) is 1. The first-order valence-electron chi connectivity index (χ1n) is 18.5. The van der Waals surface area contributed by atoms with Crippen LogP contribution in [0.5, 0.6) is 0 Å². The predicted molar refractivity (Wildman–Crippen MR) is 196 cm³/mol. The molecule has 0 spiro atoms. The van der Waals surface area contributed by atoms with Crippen molar-refractivity contribution in [3.05, 3.63) is 13.2 Å². The lowest BCUT2D eigenvalue weighted by Gasteiger charge is -2.20. The highest BCUT2D eigenvalue weighted by atomic mass is 17.2. The third-order valence-corrected chi connectivity index (χ3v) is 8.25. The molecule has 0 unspecified atom stereocenters. The Hall–Kier alpha value is -0.460. The van der Waals surface area contributed by atoms with Crippen molar-refractivity contribution in [3.63, 3.8) is 0 Å². The van der Waals surface area contributed by atoms with Crippen LogP contribution >= 0.6 is 0 Å². The van der Waals surface area contributed by atoms with E-state index in [4.69, 9.17) is 15.5 Å². The van der Waals surface area contributed by atoms with E-state index in [2.05, 4.69) is 38.8 Å². The van der Waals surface area contributed by atoms with Gasteiger partial charge in [-0.05, 0) is 45.2 Å². The summed E-state index contributed by atoms with van der Waals surface area (Å²) in [5.74, 6) is 0. The number of unbranched alkanes of at least 4 members (excludes halogenated alkanes) is 21. The summed E-state index contributed by atoms with van der Waals surface area (Å²) in [7, 11) is 0. The summed E-state index contributed by atoms with van der Waals surface area (Å²) in [6.45, 7) is 16.7. The lowest BCUT2D eigenvalue weighted by molar-refractivity contribution is -0.327. The monoisotopic (exact) mass is 616 g/mol. The van der Waals surface area contributed by atoms with Crippen LogP contribution < -0.4 is 11.9 Å². The zero-order valence-electron chi connectivity index (χ0n) is 29.5. The largest absolute Gasteiger partial charge is 0.344 e. The van der Waals surface area contributed by atoms with Gasteiger partial charge >= 0.3 is 0 Å². The lowest BCUT2D eigenvalue weighted by Crippen LogP contribution is -2.31. The summed E-state index contributed by atoms with van der Waals surface area (Å²) in [5, 5.41) is 0. The molecule has 264 valence electrons. The molecule has 5 heteroatoms. The molecule has 0 saturated heterocycles. The summed E-state index contributed by atoms with van der Waals surface area (Å²) in [6.07, 6.45) is 36.1. The molecular formula is C38H85N3O2. The Morgan fingerprint density at radius 1 is 0.512 bits per heavy atom. The van der Waals surface area contributed by atoms with Crippen LogP contribution in [-0.2, 0) is 9.78 Å². The fourth-order valence-electron chi connectivity index (χ4n) is 5.48. The van der Waals surface area contributed by atoms with Gasteiger partial charge in [-0.2, -0.15) is 0 Å². The molecule has 0 radical (unpaired) electrons. The van der Waals surface area contributed by atoms with Crippen molar-refractivity contribution < 1.29 is 9.78 Å². The van der Waals surface area contributed by atoms with Crippen LogP contribution in [0, 0.1) is 0 Å². The molecular weight excluding hydrogens is 530 g/mol. The maximum Gasteiger partial charge on any atom is 0.0930 e. The maximum absolute atomic E-state index is 5.99. The summed E-state index contributed by atoms with van der Waals surface area (Å²) in [6, 6.07) is 0. The number of hydrogen-bond donors (Lipinski definition) is 2. The van der Waals surface area contributed by atoms with E-state index in [1.165, 1.54) is 180 Å². The molecule has 0 amide bonds. The van der Waals surface area contributed by atoms with Gasteiger partial charge in [-0.3, -0.25) is 4.90 Å². The molecule has 0 heterocycles. The van der Waals surface area contributed by atoms with Gasteiger partial charge in [0.05, 0.1) is 12.7 Å². The average Bonchev–Trinajstić information content (AvgIpc) is 3.00. The summed E-state index contributed by atoms with van der Waals surface area (Å²) < 4.78 is 0. The molecule has 0 bridgehead atoms. The molecule has 0 aromatic rings. The molecule has 0 aromatic heterocycles. The fraction of sp³-hybridized carbons (Fsp3) is 0.947. The van der Waals surface area contributed by atoms with Crippen molar-refractivity contribution in [1.29, 1.82) is 0 Å². The van der Waals surface area contributed by atoms with Crippen LogP contribution in [0.25, 0.3) is 0 Å². The SMILES string of the molecule is C.C=C.CCCCCCCCCN(CN)CCCCCCCCOOC(CCCCCCCC)CCCCCCCC.N. The van der Waals surface area contributed by atoms with Gasteiger partial charge < -0.3 is 11.9 Å². The fourth-order valence-corrected chi connectivity index (χ4v) is 5.48. The zero-order chi connectivity index (χ0) is 30.5. The first-order chi connectivity index (χ1) is 20.3. The van der Waals surface area contributed by atoms with Crippen molar-refractivity contribution in [1.82, 2.24) is 11.1 Å². The third kappa shape index (κ3) is 41.5. The van der Waals surface area contributed by atoms with Crippen LogP contribution in [0.2, 0.25) is 0 Å². The number of nitrogens with zero attached hydrogens (tertiary/aromatic N) is 1.